The van der Waals surface area contributed by atoms with E-state index in [1.807, 2.05) is 24.3 Å². The highest BCUT2D eigenvalue weighted by Crippen LogP contribution is 2.26. The van der Waals surface area contributed by atoms with Crippen molar-refractivity contribution in [3.8, 4) is 0 Å². The number of anilines is 1. The van der Waals surface area contributed by atoms with Crippen LogP contribution in [0.15, 0.2) is 24.3 Å². The maximum atomic E-state index is 12.2. The lowest BCUT2D eigenvalue weighted by atomic mass is 9.87. The lowest BCUT2D eigenvalue weighted by molar-refractivity contribution is -0.117. The standard InChI is InChI=1S/C17H27N3O/c1-13-7-9-15(10-8-13)20(2)12-17(21)19-16-6-4-3-5-14(16)11-18/h3-6,13,15H,7-12,18H2,1-2H3,(H,19,21). The zero-order valence-electron chi connectivity index (χ0n) is 13.1. The van der Waals surface area contributed by atoms with E-state index >= 15 is 0 Å². The van der Waals surface area contributed by atoms with Crippen molar-refractivity contribution in [2.75, 3.05) is 18.9 Å². The van der Waals surface area contributed by atoms with Gasteiger partial charge in [-0.1, -0.05) is 25.1 Å². The highest BCUT2D eigenvalue weighted by molar-refractivity contribution is 5.93. The van der Waals surface area contributed by atoms with Crippen molar-refractivity contribution in [1.82, 2.24) is 4.90 Å². The zero-order valence-corrected chi connectivity index (χ0v) is 13.1. The molecule has 4 nitrogen and oxygen atoms in total. The molecule has 0 radical (unpaired) electrons. The van der Waals surface area contributed by atoms with Crippen molar-refractivity contribution >= 4 is 11.6 Å². The van der Waals surface area contributed by atoms with Gasteiger partial charge in [0.1, 0.15) is 0 Å². The second kappa shape index (κ2) is 7.57. The number of carbonyl (C=O) groups excluding carboxylic acids is 1. The van der Waals surface area contributed by atoms with Crippen molar-refractivity contribution in [2.24, 2.45) is 11.7 Å². The predicted octanol–water partition coefficient (Wildman–Crippen LogP) is 2.59. The molecule has 0 aromatic heterocycles. The average Bonchev–Trinajstić information content (AvgIpc) is 2.48. The van der Waals surface area contributed by atoms with E-state index in [0.717, 1.165) is 17.2 Å². The summed E-state index contributed by atoms with van der Waals surface area (Å²) in [5.41, 5.74) is 7.50. The fraction of sp³-hybridized carbons (Fsp3) is 0.588. The third kappa shape index (κ3) is 4.55. The quantitative estimate of drug-likeness (QED) is 0.876. The number of nitrogens with two attached hydrogens (primary N) is 1. The topological polar surface area (TPSA) is 58.4 Å². The van der Waals surface area contributed by atoms with Crippen LogP contribution in [0.25, 0.3) is 0 Å². The lowest BCUT2D eigenvalue weighted by Crippen LogP contribution is -2.40. The largest absolute Gasteiger partial charge is 0.326 e. The number of nitrogens with one attached hydrogen (secondary N) is 1. The predicted molar refractivity (Wildman–Crippen MR) is 87.0 cm³/mol. The van der Waals surface area contributed by atoms with Crippen LogP contribution >= 0.6 is 0 Å². The molecular weight excluding hydrogens is 262 g/mol. The van der Waals surface area contributed by atoms with Crippen LogP contribution in [0.1, 0.15) is 38.2 Å². The smallest absolute Gasteiger partial charge is 0.238 e. The average molecular weight is 289 g/mol. The summed E-state index contributed by atoms with van der Waals surface area (Å²) in [6.45, 7) is 3.19. The number of benzene rings is 1. The molecule has 1 fully saturated rings. The van der Waals surface area contributed by atoms with E-state index in [9.17, 15) is 4.79 Å². The van der Waals surface area contributed by atoms with E-state index in [-0.39, 0.29) is 5.91 Å². The molecule has 4 heteroatoms. The summed E-state index contributed by atoms with van der Waals surface area (Å²) < 4.78 is 0. The number of carbonyl (C=O) groups is 1. The van der Waals surface area contributed by atoms with Crippen LogP contribution in [0.2, 0.25) is 0 Å². The molecule has 0 bridgehead atoms. The Bertz CT molecular complexity index is 467. The first-order valence-electron chi connectivity index (χ1n) is 7.88. The van der Waals surface area contributed by atoms with E-state index in [0.29, 0.717) is 19.1 Å². The summed E-state index contributed by atoms with van der Waals surface area (Å²) in [6.07, 6.45) is 4.94. The van der Waals surface area contributed by atoms with E-state index in [2.05, 4.69) is 24.2 Å². The van der Waals surface area contributed by atoms with E-state index < -0.39 is 0 Å². The molecule has 21 heavy (non-hydrogen) atoms. The molecule has 1 aromatic carbocycles. The molecule has 0 heterocycles. The summed E-state index contributed by atoms with van der Waals surface area (Å²) in [7, 11) is 2.05. The first-order valence-corrected chi connectivity index (χ1v) is 7.88. The Morgan fingerprint density at radius 2 is 1.95 bits per heavy atom. The van der Waals surface area contributed by atoms with Gasteiger partial charge in [-0.25, -0.2) is 0 Å². The molecule has 2 rings (SSSR count). The Morgan fingerprint density at radius 1 is 1.29 bits per heavy atom. The Labute approximate surface area is 127 Å². The van der Waals surface area contributed by atoms with Gasteiger partial charge in [-0.3, -0.25) is 9.69 Å². The number of hydrogen-bond donors (Lipinski definition) is 2. The second-order valence-electron chi connectivity index (χ2n) is 6.24. The highest BCUT2D eigenvalue weighted by atomic mass is 16.2. The van der Waals surface area contributed by atoms with Gasteiger partial charge < -0.3 is 11.1 Å². The third-order valence-corrected chi connectivity index (χ3v) is 4.51. The van der Waals surface area contributed by atoms with E-state index in [1.54, 1.807) is 0 Å². The van der Waals surface area contributed by atoms with Gasteiger partial charge in [-0.15, -0.1) is 0 Å². The Kier molecular flexibility index (Phi) is 5.76. The van der Waals surface area contributed by atoms with Gasteiger partial charge in [0, 0.05) is 18.3 Å². The van der Waals surface area contributed by atoms with E-state index in [1.165, 1.54) is 25.7 Å². The highest BCUT2D eigenvalue weighted by Gasteiger charge is 2.23. The molecule has 116 valence electrons. The molecule has 1 saturated carbocycles. The molecule has 0 aliphatic heterocycles. The first-order chi connectivity index (χ1) is 10.1. The molecule has 0 unspecified atom stereocenters. The van der Waals surface area contributed by atoms with E-state index in [4.69, 9.17) is 5.73 Å². The van der Waals surface area contributed by atoms with Gasteiger partial charge >= 0.3 is 0 Å². The minimum Gasteiger partial charge on any atom is -0.326 e. The van der Waals surface area contributed by atoms with Crippen LogP contribution in [-0.2, 0) is 11.3 Å². The molecule has 0 spiro atoms. The maximum Gasteiger partial charge on any atom is 0.238 e. The van der Waals surface area contributed by atoms with Gasteiger partial charge in [0.2, 0.25) is 5.91 Å². The van der Waals surface area contributed by atoms with Gasteiger partial charge in [-0.05, 0) is 50.3 Å². The van der Waals surface area contributed by atoms with Gasteiger partial charge in [0.15, 0.2) is 0 Å². The Balaban J connectivity index is 1.86. The lowest BCUT2D eigenvalue weighted by Gasteiger charge is -2.33. The number of amides is 1. The Hall–Kier alpha value is -1.39. The molecule has 0 atom stereocenters. The van der Waals surface area contributed by atoms with Gasteiger partial charge in [0.05, 0.1) is 6.54 Å². The van der Waals surface area contributed by atoms with Crippen molar-refractivity contribution in [1.29, 1.82) is 0 Å². The van der Waals surface area contributed by atoms with Crippen LogP contribution in [0.4, 0.5) is 5.69 Å². The minimum absolute atomic E-state index is 0.0389. The summed E-state index contributed by atoms with van der Waals surface area (Å²) in [5, 5.41) is 2.98. The zero-order chi connectivity index (χ0) is 15.2. The monoisotopic (exact) mass is 289 g/mol. The van der Waals surface area contributed by atoms with Crippen LogP contribution < -0.4 is 11.1 Å². The minimum atomic E-state index is 0.0389. The first kappa shape index (κ1) is 16.0. The third-order valence-electron chi connectivity index (χ3n) is 4.51. The molecule has 3 N–H and O–H groups in total. The molecule has 1 aliphatic rings. The fourth-order valence-electron chi connectivity index (χ4n) is 3.05. The molecular formula is C17H27N3O. The van der Waals surface area contributed by atoms with Gasteiger partial charge in [-0.2, -0.15) is 0 Å². The number of hydrogen-bond acceptors (Lipinski definition) is 3. The number of nitrogens with zero attached hydrogens (tertiary/aromatic N) is 1. The summed E-state index contributed by atoms with van der Waals surface area (Å²) >= 11 is 0. The van der Waals surface area contributed by atoms with Crippen LogP contribution in [0, 0.1) is 5.92 Å². The maximum absolute atomic E-state index is 12.2. The second-order valence-corrected chi connectivity index (χ2v) is 6.24. The van der Waals surface area contributed by atoms with Crippen molar-refractivity contribution in [2.45, 2.75) is 45.2 Å². The molecule has 1 amide bonds. The van der Waals surface area contributed by atoms with Crippen molar-refractivity contribution in [3.63, 3.8) is 0 Å². The van der Waals surface area contributed by atoms with Gasteiger partial charge in [0.25, 0.3) is 0 Å². The molecule has 0 saturated heterocycles. The van der Waals surface area contributed by atoms with Crippen molar-refractivity contribution < 1.29 is 4.79 Å². The Morgan fingerprint density at radius 3 is 2.62 bits per heavy atom. The molecule has 1 aliphatic carbocycles. The molecule has 1 aromatic rings. The van der Waals surface area contributed by atoms with Crippen LogP contribution in [0.5, 0.6) is 0 Å². The normalized spacial score (nSPS) is 22.3. The number of likely N-dealkylation sites (N-methyl/N-ethyl adjacent to an activating group) is 1. The summed E-state index contributed by atoms with van der Waals surface area (Å²) in [6, 6.07) is 8.25. The summed E-state index contributed by atoms with van der Waals surface area (Å²) in [4.78, 5) is 14.4. The summed E-state index contributed by atoms with van der Waals surface area (Å²) in [5.74, 6) is 0.872. The fourth-order valence-corrected chi connectivity index (χ4v) is 3.05. The van der Waals surface area contributed by atoms with Crippen LogP contribution in [-0.4, -0.2) is 30.4 Å². The number of para-hydroxylation sites is 1. The van der Waals surface area contributed by atoms with Crippen molar-refractivity contribution in [3.05, 3.63) is 29.8 Å². The SMILES string of the molecule is CC1CCC(N(C)CC(=O)Nc2ccccc2CN)CC1. The number of rotatable bonds is 5. The van der Waals surface area contributed by atoms with Crippen LogP contribution in [0.3, 0.4) is 0 Å².